The first-order chi connectivity index (χ1) is 12.5. The highest BCUT2D eigenvalue weighted by Crippen LogP contribution is 2.40. The summed E-state index contributed by atoms with van der Waals surface area (Å²) in [4.78, 5) is 12.4. The van der Waals surface area contributed by atoms with Crippen LogP contribution in [0.25, 0.3) is 0 Å². The molecule has 136 valence electrons. The Bertz CT molecular complexity index is 1010. The number of nitrogens with zero attached hydrogens (tertiary/aromatic N) is 3. The first-order valence-electron chi connectivity index (χ1n) is 8.81. The van der Waals surface area contributed by atoms with Crippen molar-refractivity contribution in [1.82, 2.24) is 15.1 Å². The molecule has 8 nitrogen and oxygen atoms in total. The van der Waals surface area contributed by atoms with Gasteiger partial charge in [0.25, 0.3) is 0 Å². The fourth-order valence-corrected chi connectivity index (χ4v) is 4.74. The van der Waals surface area contributed by atoms with Crippen molar-refractivity contribution in [2.75, 3.05) is 11.9 Å². The van der Waals surface area contributed by atoms with Gasteiger partial charge in [0.2, 0.25) is 0 Å². The number of rotatable bonds is 2. The van der Waals surface area contributed by atoms with Crippen LogP contribution in [-0.2, 0) is 48.7 Å². The number of amides is 2. The normalized spacial score (nSPS) is 19.1. The molecule has 1 aromatic carbocycles. The summed E-state index contributed by atoms with van der Waals surface area (Å²) in [6.07, 6.45) is 4.00. The molecule has 0 saturated carbocycles. The Balaban J connectivity index is 1.44. The second kappa shape index (κ2) is 5.63. The van der Waals surface area contributed by atoms with Crippen molar-refractivity contribution in [3.63, 3.8) is 0 Å². The van der Waals surface area contributed by atoms with Crippen LogP contribution in [-0.4, -0.2) is 26.6 Å². The van der Waals surface area contributed by atoms with Crippen LogP contribution in [0.1, 0.15) is 27.9 Å². The van der Waals surface area contributed by atoms with Gasteiger partial charge in [-0.05, 0) is 54.0 Å². The summed E-state index contributed by atoms with van der Waals surface area (Å²) in [5, 5.41) is 16.3. The van der Waals surface area contributed by atoms with Crippen molar-refractivity contribution in [2.24, 2.45) is 9.50 Å². The molecule has 2 aromatic rings. The van der Waals surface area contributed by atoms with Gasteiger partial charge in [-0.2, -0.15) is 5.10 Å². The van der Waals surface area contributed by atoms with E-state index in [2.05, 4.69) is 26.2 Å². The summed E-state index contributed by atoms with van der Waals surface area (Å²) in [6.45, 7) is 2.11. The number of urea groups is 1. The fraction of sp³-hybridized carbons (Fsp3) is 0.412. The molecule has 2 aliphatic carbocycles. The molecule has 1 aliphatic heterocycles. The molecule has 3 aliphatic rings. The van der Waals surface area contributed by atoms with Gasteiger partial charge in [-0.1, -0.05) is 6.07 Å². The Morgan fingerprint density at radius 2 is 1.96 bits per heavy atom. The SMILES string of the molecule is NS(=O)(=NC(=O)Nc1c2c(cc3c1CC3)CC2)c1cc2n(n1)CCNC2. The minimum absolute atomic E-state index is 0.153. The molecule has 9 heteroatoms. The zero-order valence-electron chi connectivity index (χ0n) is 14.2. The van der Waals surface area contributed by atoms with Crippen LogP contribution in [0.15, 0.2) is 21.5 Å². The lowest BCUT2D eigenvalue weighted by molar-refractivity contribution is 0.260. The molecule has 2 heterocycles. The molecule has 5 rings (SSSR count). The molecule has 26 heavy (non-hydrogen) atoms. The van der Waals surface area contributed by atoms with Crippen molar-refractivity contribution in [1.29, 1.82) is 0 Å². The second-order valence-electron chi connectivity index (χ2n) is 6.99. The summed E-state index contributed by atoms with van der Waals surface area (Å²) in [6, 6.07) is 3.23. The summed E-state index contributed by atoms with van der Waals surface area (Å²) in [5.74, 6) is 0. The Labute approximate surface area is 151 Å². The van der Waals surface area contributed by atoms with Crippen molar-refractivity contribution in [3.8, 4) is 0 Å². The molecule has 2 amide bonds. The highest BCUT2D eigenvalue weighted by atomic mass is 32.2. The first-order valence-corrected chi connectivity index (χ1v) is 10.4. The van der Waals surface area contributed by atoms with Gasteiger partial charge in [0, 0.05) is 18.8 Å². The monoisotopic (exact) mass is 372 g/mol. The zero-order chi connectivity index (χ0) is 17.9. The minimum Gasteiger partial charge on any atom is -0.309 e. The number of fused-ring (bicyclic) bond motifs is 3. The quantitative estimate of drug-likeness (QED) is 0.733. The van der Waals surface area contributed by atoms with Crippen molar-refractivity contribution < 1.29 is 9.00 Å². The highest BCUT2D eigenvalue weighted by Gasteiger charge is 2.28. The van der Waals surface area contributed by atoms with Crippen molar-refractivity contribution >= 4 is 21.6 Å². The van der Waals surface area contributed by atoms with E-state index < -0.39 is 15.9 Å². The number of nitrogens with one attached hydrogen (secondary N) is 2. The number of anilines is 1. The first kappa shape index (κ1) is 16.0. The van der Waals surface area contributed by atoms with Gasteiger partial charge in [-0.15, -0.1) is 4.36 Å². The predicted molar refractivity (Wildman–Crippen MR) is 97.2 cm³/mol. The van der Waals surface area contributed by atoms with Crippen LogP contribution in [0.2, 0.25) is 0 Å². The van der Waals surface area contributed by atoms with Crippen molar-refractivity contribution in [3.05, 3.63) is 40.1 Å². The molecule has 0 fully saturated rings. The molecule has 4 N–H and O–H groups in total. The maximum atomic E-state index is 12.8. The number of hydrogen-bond donors (Lipinski definition) is 3. The minimum atomic E-state index is -3.38. The third kappa shape index (κ3) is 2.46. The van der Waals surface area contributed by atoms with Crippen LogP contribution in [0.4, 0.5) is 10.5 Å². The van der Waals surface area contributed by atoms with E-state index in [1.807, 2.05) is 0 Å². The number of nitrogens with two attached hydrogens (primary N) is 1. The lowest BCUT2D eigenvalue weighted by Gasteiger charge is -2.31. The Morgan fingerprint density at radius 1 is 1.23 bits per heavy atom. The van der Waals surface area contributed by atoms with Crippen LogP contribution in [0.3, 0.4) is 0 Å². The number of aryl methyl sites for hydroxylation is 2. The van der Waals surface area contributed by atoms with Gasteiger partial charge < -0.3 is 10.6 Å². The molecule has 0 radical (unpaired) electrons. The molecule has 1 aromatic heterocycles. The van der Waals surface area contributed by atoms with Crippen LogP contribution in [0, 0.1) is 0 Å². The average molecular weight is 372 g/mol. The Morgan fingerprint density at radius 3 is 2.58 bits per heavy atom. The van der Waals surface area contributed by atoms with Gasteiger partial charge in [-0.3, -0.25) is 4.68 Å². The summed E-state index contributed by atoms with van der Waals surface area (Å²) >= 11 is 0. The van der Waals surface area contributed by atoms with E-state index in [9.17, 15) is 9.00 Å². The number of benzene rings is 1. The standard InChI is InChI=1S/C17H20N6O2S/c18-26(25,15-8-12-9-19-5-6-23(12)21-15)22-17(24)20-16-13-3-1-10(13)7-11-2-4-14(11)16/h7-8,19H,1-6,9H2,(H3,18,20,22,24,25). The Hall–Kier alpha value is -2.23. The van der Waals surface area contributed by atoms with Crippen LogP contribution >= 0.6 is 0 Å². The largest absolute Gasteiger partial charge is 0.354 e. The summed E-state index contributed by atoms with van der Waals surface area (Å²) < 4.78 is 18.3. The van der Waals surface area contributed by atoms with Crippen LogP contribution < -0.4 is 15.8 Å². The average Bonchev–Trinajstić information content (AvgIpc) is 2.96. The maximum absolute atomic E-state index is 12.8. The van der Waals surface area contributed by atoms with E-state index in [0.717, 1.165) is 43.6 Å². The number of hydrogen-bond acceptors (Lipinski definition) is 4. The molecule has 0 spiro atoms. The number of aromatic nitrogens is 2. The second-order valence-corrected chi connectivity index (χ2v) is 8.73. The number of carbonyl (C=O) groups is 1. The Kier molecular flexibility index (Phi) is 3.46. The molecule has 0 saturated heterocycles. The fourth-order valence-electron chi connectivity index (χ4n) is 3.83. The third-order valence-electron chi connectivity index (χ3n) is 5.41. The number of carbonyl (C=O) groups excluding carboxylic acids is 1. The molecular formula is C17H20N6O2S. The van der Waals surface area contributed by atoms with E-state index in [1.165, 1.54) is 22.3 Å². The topological polar surface area (TPSA) is 114 Å². The predicted octanol–water partition coefficient (Wildman–Crippen LogP) is 1.12. The van der Waals surface area contributed by atoms with E-state index >= 15 is 0 Å². The van der Waals surface area contributed by atoms with E-state index in [1.54, 1.807) is 10.7 Å². The molecule has 0 bridgehead atoms. The van der Waals surface area contributed by atoms with Gasteiger partial charge in [0.15, 0.2) is 14.9 Å². The zero-order valence-corrected chi connectivity index (χ0v) is 15.1. The van der Waals surface area contributed by atoms with Gasteiger partial charge >= 0.3 is 6.03 Å². The smallest absolute Gasteiger partial charge is 0.309 e. The summed E-state index contributed by atoms with van der Waals surface area (Å²) in [7, 11) is -3.38. The molecule has 1 atom stereocenters. The lowest BCUT2D eigenvalue weighted by atomic mass is 9.76. The van der Waals surface area contributed by atoms with Gasteiger partial charge in [-0.25, -0.2) is 14.1 Å². The third-order valence-corrected chi connectivity index (χ3v) is 6.65. The lowest BCUT2D eigenvalue weighted by Crippen LogP contribution is -2.28. The van der Waals surface area contributed by atoms with Gasteiger partial charge in [0.05, 0.1) is 12.2 Å². The van der Waals surface area contributed by atoms with E-state index in [4.69, 9.17) is 5.14 Å². The molecular weight excluding hydrogens is 352 g/mol. The molecule has 1 unspecified atom stereocenters. The van der Waals surface area contributed by atoms with Crippen molar-refractivity contribution in [2.45, 2.75) is 43.8 Å². The van der Waals surface area contributed by atoms with Gasteiger partial charge in [0.1, 0.15) is 0 Å². The van der Waals surface area contributed by atoms with Crippen LogP contribution in [0.5, 0.6) is 0 Å². The maximum Gasteiger partial charge on any atom is 0.354 e. The van der Waals surface area contributed by atoms with E-state index in [-0.39, 0.29) is 5.03 Å². The highest BCUT2D eigenvalue weighted by molar-refractivity contribution is 7.91. The van der Waals surface area contributed by atoms with E-state index in [0.29, 0.717) is 13.1 Å². The summed E-state index contributed by atoms with van der Waals surface area (Å²) in [5.41, 5.74) is 6.69.